The lowest BCUT2D eigenvalue weighted by molar-refractivity contribution is -0.120. The number of rotatable bonds is 7. The Kier molecular flexibility index (Phi) is 7.02. The number of fused-ring (bicyclic) bond motifs is 1. The van der Waals surface area contributed by atoms with Gasteiger partial charge in [0.2, 0.25) is 0 Å². The van der Waals surface area contributed by atoms with Gasteiger partial charge in [-0.15, -0.1) is 0 Å². The first-order valence-electron chi connectivity index (χ1n) is 12.8. The van der Waals surface area contributed by atoms with Gasteiger partial charge in [-0.05, 0) is 69.4 Å². The van der Waals surface area contributed by atoms with E-state index in [1.165, 1.54) is 37.8 Å². The lowest BCUT2D eigenvalue weighted by Gasteiger charge is -2.29. The molecule has 34 heavy (non-hydrogen) atoms. The highest BCUT2D eigenvalue weighted by Crippen LogP contribution is 2.28. The van der Waals surface area contributed by atoms with Gasteiger partial charge in [0.05, 0.1) is 30.4 Å². The van der Waals surface area contributed by atoms with Crippen molar-refractivity contribution < 1.29 is 4.79 Å². The lowest BCUT2D eigenvalue weighted by Crippen LogP contribution is -2.37. The van der Waals surface area contributed by atoms with Gasteiger partial charge in [0.15, 0.2) is 5.78 Å². The van der Waals surface area contributed by atoms with E-state index in [1.54, 1.807) is 0 Å². The van der Waals surface area contributed by atoms with Gasteiger partial charge in [-0.2, -0.15) is 5.10 Å². The summed E-state index contributed by atoms with van der Waals surface area (Å²) < 4.78 is 2.00. The maximum Gasteiger partial charge on any atom is 0.154 e. The molecule has 0 amide bonds. The smallest absolute Gasteiger partial charge is 0.154 e. The number of hydrogen-bond donors (Lipinski definition) is 0. The summed E-state index contributed by atoms with van der Waals surface area (Å²) in [6.07, 6.45) is 10.3. The molecule has 0 spiro atoms. The molecular formula is C27H36N6O. The number of ketones is 1. The SMILES string of the molecule is CC1CCN(CC(=O)Cc2ncc3ccc(-c4cnn(C)c4CN4CCCCC4)cc3n2)CC1. The predicted molar refractivity (Wildman–Crippen MR) is 134 cm³/mol. The van der Waals surface area contributed by atoms with Gasteiger partial charge in [-0.3, -0.25) is 19.3 Å². The minimum atomic E-state index is 0.195. The Morgan fingerprint density at radius 1 is 1.03 bits per heavy atom. The molecule has 1 aromatic carbocycles. The lowest BCUT2D eigenvalue weighted by atomic mass is 9.99. The third-order valence-corrected chi connectivity index (χ3v) is 7.46. The molecule has 2 aliphatic heterocycles. The van der Waals surface area contributed by atoms with E-state index in [9.17, 15) is 4.79 Å². The zero-order chi connectivity index (χ0) is 23.5. The first kappa shape index (κ1) is 23.1. The van der Waals surface area contributed by atoms with E-state index < -0.39 is 0 Å². The van der Waals surface area contributed by atoms with Gasteiger partial charge >= 0.3 is 0 Å². The van der Waals surface area contributed by atoms with Crippen molar-refractivity contribution in [2.45, 2.75) is 52.0 Å². The molecule has 0 aliphatic carbocycles. The first-order valence-corrected chi connectivity index (χ1v) is 12.8. The predicted octanol–water partition coefficient (Wildman–Crippen LogP) is 3.86. The minimum Gasteiger partial charge on any atom is -0.298 e. The maximum atomic E-state index is 12.7. The topological polar surface area (TPSA) is 67.2 Å². The van der Waals surface area contributed by atoms with Crippen LogP contribution < -0.4 is 0 Å². The van der Waals surface area contributed by atoms with Crippen LogP contribution in [0.4, 0.5) is 0 Å². The van der Waals surface area contributed by atoms with Gasteiger partial charge in [-0.25, -0.2) is 9.97 Å². The van der Waals surface area contributed by atoms with Crippen LogP contribution in [0.2, 0.25) is 0 Å². The summed E-state index contributed by atoms with van der Waals surface area (Å²) in [6, 6.07) is 6.32. The van der Waals surface area contributed by atoms with Crippen LogP contribution in [0.25, 0.3) is 22.0 Å². The van der Waals surface area contributed by atoms with Gasteiger partial charge < -0.3 is 0 Å². The van der Waals surface area contributed by atoms with E-state index in [4.69, 9.17) is 4.98 Å². The second-order valence-electron chi connectivity index (χ2n) is 10.2. The van der Waals surface area contributed by atoms with Crippen LogP contribution in [-0.4, -0.2) is 68.1 Å². The normalized spacial score (nSPS) is 18.5. The molecule has 180 valence electrons. The number of carbonyl (C=O) groups is 1. The molecule has 3 aromatic rings. The van der Waals surface area contributed by atoms with E-state index in [-0.39, 0.29) is 5.78 Å². The fourth-order valence-corrected chi connectivity index (χ4v) is 5.24. The minimum absolute atomic E-state index is 0.195. The van der Waals surface area contributed by atoms with Crippen molar-refractivity contribution in [1.29, 1.82) is 0 Å². The van der Waals surface area contributed by atoms with Crippen LogP contribution in [0.3, 0.4) is 0 Å². The Labute approximate surface area is 202 Å². The fraction of sp³-hybridized carbons (Fsp3) is 0.556. The summed E-state index contributed by atoms with van der Waals surface area (Å²) >= 11 is 0. The van der Waals surface area contributed by atoms with Gasteiger partial charge in [0.25, 0.3) is 0 Å². The van der Waals surface area contributed by atoms with Crippen LogP contribution in [0, 0.1) is 5.92 Å². The molecule has 4 heterocycles. The number of Topliss-reactive ketones (excluding diaryl/α,β-unsaturated/α-hetero) is 1. The molecule has 2 aromatic heterocycles. The van der Waals surface area contributed by atoms with Crippen molar-refractivity contribution >= 4 is 16.7 Å². The molecule has 2 fully saturated rings. The van der Waals surface area contributed by atoms with Crippen molar-refractivity contribution in [2.24, 2.45) is 13.0 Å². The third-order valence-electron chi connectivity index (χ3n) is 7.46. The largest absolute Gasteiger partial charge is 0.298 e. The molecule has 5 rings (SSSR count). The number of carbonyl (C=O) groups excluding carboxylic acids is 1. The van der Waals surface area contributed by atoms with Crippen molar-refractivity contribution in [3.05, 3.63) is 42.1 Å². The number of benzene rings is 1. The molecule has 7 heteroatoms. The number of hydrogen-bond acceptors (Lipinski definition) is 6. The highest BCUT2D eigenvalue weighted by atomic mass is 16.1. The van der Waals surface area contributed by atoms with Crippen LogP contribution in [-0.2, 0) is 24.8 Å². The fourth-order valence-electron chi connectivity index (χ4n) is 5.24. The molecule has 0 radical (unpaired) electrons. The second kappa shape index (κ2) is 10.3. The summed E-state index contributed by atoms with van der Waals surface area (Å²) in [5, 5.41) is 5.56. The maximum absolute atomic E-state index is 12.7. The van der Waals surface area contributed by atoms with Crippen LogP contribution in [0.1, 0.15) is 50.5 Å². The first-order chi connectivity index (χ1) is 16.5. The summed E-state index contributed by atoms with van der Waals surface area (Å²) in [5.41, 5.74) is 4.40. The summed E-state index contributed by atoms with van der Waals surface area (Å²) in [7, 11) is 2.03. The molecule has 0 N–H and O–H groups in total. The Morgan fingerprint density at radius 3 is 2.62 bits per heavy atom. The number of likely N-dealkylation sites (tertiary alicyclic amines) is 2. The Bertz CT molecular complexity index is 1140. The van der Waals surface area contributed by atoms with Gasteiger partial charge in [0, 0.05) is 30.7 Å². The number of aryl methyl sites for hydroxylation is 1. The van der Waals surface area contributed by atoms with E-state index in [0.717, 1.165) is 60.7 Å². The van der Waals surface area contributed by atoms with Crippen molar-refractivity contribution in [3.8, 4) is 11.1 Å². The number of piperidine rings is 2. The van der Waals surface area contributed by atoms with Gasteiger partial charge in [-0.1, -0.05) is 25.5 Å². The van der Waals surface area contributed by atoms with Crippen LogP contribution >= 0.6 is 0 Å². The highest BCUT2D eigenvalue weighted by molar-refractivity contribution is 5.85. The van der Waals surface area contributed by atoms with E-state index >= 15 is 0 Å². The van der Waals surface area contributed by atoms with Crippen LogP contribution in [0.5, 0.6) is 0 Å². The highest BCUT2D eigenvalue weighted by Gasteiger charge is 2.20. The molecule has 0 bridgehead atoms. The van der Waals surface area contributed by atoms with Crippen molar-refractivity contribution in [2.75, 3.05) is 32.7 Å². The Balaban J connectivity index is 1.32. The summed E-state index contributed by atoms with van der Waals surface area (Å²) in [5.74, 6) is 1.57. The number of nitrogens with zero attached hydrogens (tertiary/aromatic N) is 6. The zero-order valence-electron chi connectivity index (χ0n) is 20.5. The standard InChI is InChI=1S/C27H36N6O/c1-20-8-12-33(13-9-20)18-23(34)15-27-28-16-22-7-6-21(14-25(22)30-27)24-17-29-31(2)26(24)19-32-10-4-3-5-11-32/h6-7,14,16-17,20H,3-5,8-13,15,18-19H2,1-2H3. The monoisotopic (exact) mass is 460 g/mol. The molecule has 7 nitrogen and oxygen atoms in total. The molecule has 0 unspecified atom stereocenters. The van der Waals surface area contributed by atoms with Crippen LogP contribution in [0.15, 0.2) is 30.6 Å². The quantitative estimate of drug-likeness (QED) is 0.533. The molecular weight excluding hydrogens is 424 g/mol. The second-order valence-corrected chi connectivity index (χ2v) is 10.2. The zero-order valence-corrected chi connectivity index (χ0v) is 20.5. The third kappa shape index (κ3) is 5.36. The van der Waals surface area contributed by atoms with Gasteiger partial charge in [0.1, 0.15) is 5.82 Å². The van der Waals surface area contributed by atoms with E-state index in [0.29, 0.717) is 18.8 Å². The molecule has 2 aliphatic rings. The summed E-state index contributed by atoms with van der Waals surface area (Å²) in [6.45, 7) is 8.05. The molecule has 0 atom stereocenters. The Hall–Kier alpha value is -2.64. The van der Waals surface area contributed by atoms with Crippen molar-refractivity contribution in [3.63, 3.8) is 0 Å². The summed E-state index contributed by atoms with van der Waals surface area (Å²) in [4.78, 5) is 26.7. The average molecular weight is 461 g/mol. The van der Waals surface area contributed by atoms with E-state index in [1.807, 2.05) is 24.1 Å². The Morgan fingerprint density at radius 2 is 1.82 bits per heavy atom. The molecule has 0 saturated carbocycles. The molecule has 2 saturated heterocycles. The van der Waals surface area contributed by atoms with E-state index in [2.05, 4.69) is 45.0 Å². The average Bonchev–Trinajstić information content (AvgIpc) is 3.20. The van der Waals surface area contributed by atoms with Crippen molar-refractivity contribution in [1.82, 2.24) is 29.5 Å². The number of aromatic nitrogens is 4.